The molecule has 5 rings (SSSR count). The van der Waals surface area contributed by atoms with Gasteiger partial charge in [-0.1, -0.05) is 65.2 Å². The Kier molecular flexibility index (Phi) is 9.37. The standard InChI is InChI=1S/C31H30Cl2N4OS2/c1-20-2-4-22(5-3-20)29-28(21-6-8-24(32)9-7-21)36-30(40-29)23-15-18-37(19-16-23)27(38)14-17-34-31(39)35-26-12-10-25(33)11-13-26/h2-13,23H,14-19H2,1H3,(H2,34,35,39). The second kappa shape index (κ2) is 13.1. The van der Waals surface area contributed by atoms with E-state index in [2.05, 4.69) is 41.8 Å². The fourth-order valence-electron chi connectivity index (χ4n) is 4.74. The number of amides is 1. The number of hydrogen-bond donors (Lipinski definition) is 2. The van der Waals surface area contributed by atoms with Gasteiger partial charge in [0, 0.05) is 53.3 Å². The van der Waals surface area contributed by atoms with Crippen molar-refractivity contribution < 1.29 is 4.79 Å². The molecule has 1 aliphatic heterocycles. The molecule has 1 aromatic heterocycles. The Morgan fingerprint density at radius 3 is 2.20 bits per heavy atom. The molecule has 5 nitrogen and oxygen atoms in total. The molecule has 1 amide bonds. The maximum atomic E-state index is 12.9. The van der Waals surface area contributed by atoms with Crippen LogP contribution in [-0.4, -0.2) is 40.5 Å². The number of aryl methyl sites for hydroxylation is 1. The van der Waals surface area contributed by atoms with Gasteiger partial charge in [0.25, 0.3) is 0 Å². The van der Waals surface area contributed by atoms with Gasteiger partial charge in [0.15, 0.2) is 5.11 Å². The van der Waals surface area contributed by atoms with Crippen molar-refractivity contribution in [2.45, 2.75) is 32.1 Å². The van der Waals surface area contributed by atoms with E-state index in [9.17, 15) is 4.79 Å². The Morgan fingerprint density at radius 1 is 0.950 bits per heavy atom. The Labute approximate surface area is 254 Å². The van der Waals surface area contributed by atoms with Gasteiger partial charge in [-0.05, 0) is 73.9 Å². The van der Waals surface area contributed by atoms with Crippen LogP contribution >= 0.6 is 46.8 Å². The van der Waals surface area contributed by atoms with Crippen LogP contribution in [0, 0.1) is 6.92 Å². The van der Waals surface area contributed by atoms with Crippen LogP contribution in [-0.2, 0) is 4.79 Å². The van der Waals surface area contributed by atoms with Crippen molar-refractivity contribution in [1.29, 1.82) is 0 Å². The SMILES string of the molecule is Cc1ccc(-c2sc(C3CCN(C(=O)CCNC(=S)Nc4ccc(Cl)cc4)CC3)nc2-c2ccc(Cl)cc2)cc1. The highest BCUT2D eigenvalue weighted by molar-refractivity contribution is 7.80. The Bertz CT molecular complexity index is 1400. The first-order chi connectivity index (χ1) is 19.4. The average Bonchev–Trinajstić information content (AvgIpc) is 3.40. The van der Waals surface area contributed by atoms with Crippen LogP contribution in [0.15, 0.2) is 72.8 Å². The number of hydrogen-bond acceptors (Lipinski definition) is 4. The molecule has 1 fully saturated rings. The Hall–Kier alpha value is -2.97. The third-order valence-electron chi connectivity index (χ3n) is 7.00. The van der Waals surface area contributed by atoms with Crippen LogP contribution in [0.2, 0.25) is 10.0 Å². The quantitative estimate of drug-likeness (QED) is 0.207. The van der Waals surface area contributed by atoms with E-state index in [-0.39, 0.29) is 5.91 Å². The predicted molar refractivity (Wildman–Crippen MR) is 172 cm³/mol. The number of nitrogens with zero attached hydrogens (tertiary/aromatic N) is 2. The van der Waals surface area contributed by atoms with E-state index in [1.165, 1.54) is 16.0 Å². The van der Waals surface area contributed by atoms with E-state index in [1.807, 2.05) is 41.3 Å². The van der Waals surface area contributed by atoms with Crippen LogP contribution in [0.4, 0.5) is 5.69 Å². The largest absolute Gasteiger partial charge is 0.362 e. The van der Waals surface area contributed by atoms with E-state index in [0.29, 0.717) is 34.0 Å². The highest BCUT2D eigenvalue weighted by atomic mass is 35.5. The van der Waals surface area contributed by atoms with Crippen LogP contribution in [0.25, 0.3) is 21.7 Å². The van der Waals surface area contributed by atoms with Crippen molar-refractivity contribution in [3.05, 3.63) is 93.4 Å². The predicted octanol–water partition coefficient (Wildman–Crippen LogP) is 8.18. The van der Waals surface area contributed by atoms with Crippen molar-refractivity contribution in [2.75, 3.05) is 25.0 Å². The molecule has 0 aliphatic carbocycles. The lowest BCUT2D eigenvalue weighted by atomic mass is 9.97. The molecule has 1 saturated heterocycles. The lowest BCUT2D eigenvalue weighted by Crippen LogP contribution is -2.40. The summed E-state index contributed by atoms with van der Waals surface area (Å²) in [6.45, 7) is 4.04. The van der Waals surface area contributed by atoms with Crippen molar-refractivity contribution in [3.8, 4) is 21.7 Å². The van der Waals surface area contributed by atoms with Gasteiger partial charge in [0.05, 0.1) is 15.6 Å². The van der Waals surface area contributed by atoms with Gasteiger partial charge in [0.2, 0.25) is 5.91 Å². The molecule has 40 heavy (non-hydrogen) atoms. The molecule has 0 bridgehead atoms. The number of halogens is 2. The number of thiazole rings is 1. The smallest absolute Gasteiger partial charge is 0.224 e. The summed E-state index contributed by atoms with van der Waals surface area (Å²) in [5, 5.41) is 9.22. The second-order valence-corrected chi connectivity index (χ2v) is 12.2. The van der Waals surface area contributed by atoms with Crippen LogP contribution in [0.5, 0.6) is 0 Å². The normalized spacial score (nSPS) is 13.7. The van der Waals surface area contributed by atoms with Gasteiger partial charge in [-0.25, -0.2) is 4.98 Å². The van der Waals surface area contributed by atoms with Crippen molar-refractivity contribution in [2.24, 2.45) is 0 Å². The molecule has 9 heteroatoms. The fourth-order valence-corrected chi connectivity index (χ4v) is 6.48. The van der Waals surface area contributed by atoms with Gasteiger partial charge >= 0.3 is 0 Å². The first-order valence-electron chi connectivity index (χ1n) is 13.3. The number of carbonyl (C=O) groups excluding carboxylic acids is 1. The van der Waals surface area contributed by atoms with Gasteiger partial charge < -0.3 is 15.5 Å². The van der Waals surface area contributed by atoms with Crippen molar-refractivity contribution >= 4 is 63.5 Å². The van der Waals surface area contributed by atoms with Crippen molar-refractivity contribution in [1.82, 2.24) is 15.2 Å². The lowest BCUT2D eigenvalue weighted by Gasteiger charge is -2.31. The number of anilines is 1. The summed E-state index contributed by atoms with van der Waals surface area (Å²) in [6, 6.07) is 23.8. The second-order valence-electron chi connectivity index (χ2n) is 9.90. The maximum Gasteiger partial charge on any atom is 0.224 e. The number of likely N-dealkylation sites (tertiary alicyclic amines) is 1. The third kappa shape index (κ3) is 7.21. The highest BCUT2D eigenvalue weighted by Crippen LogP contribution is 2.42. The van der Waals surface area contributed by atoms with E-state index < -0.39 is 0 Å². The van der Waals surface area contributed by atoms with E-state index >= 15 is 0 Å². The summed E-state index contributed by atoms with van der Waals surface area (Å²) in [6.07, 6.45) is 2.19. The molecule has 1 aliphatic rings. The number of nitrogens with one attached hydrogen (secondary N) is 2. The Morgan fingerprint density at radius 2 is 1.55 bits per heavy atom. The first kappa shape index (κ1) is 28.6. The molecular formula is C31H30Cl2N4OS2. The van der Waals surface area contributed by atoms with Gasteiger partial charge in [-0.3, -0.25) is 4.79 Å². The number of piperidine rings is 1. The lowest BCUT2D eigenvalue weighted by molar-refractivity contribution is -0.132. The van der Waals surface area contributed by atoms with Gasteiger partial charge in [-0.15, -0.1) is 11.3 Å². The minimum atomic E-state index is 0.140. The van der Waals surface area contributed by atoms with Gasteiger partial charge in [-0.2, -0.15) is 0 Å². The molecule has 0 spiro atoms. The minimum Gasteiger partial charge on any atom is -0.362 e. The van der Waals surface area contributed by atoms with Gasteiger partial charge in [0.1, 0.15) is 0 Å². The molecule has 2 heterocycles. The maximum absolute atomic E-state index is 12.9. The molecular weight excluding hydrogens is 579 g/mol. The first-order valence-corrected chi connectivity index (χ1v) is 15.3. The van der Waals surface area contributed by atoms with Crippen LogP contribution in [0.3, 0.4) is 0 Å². The van der Waals surface area contributed by atoms with E-state index in [1.54, 1.807) is 23.5 Å². The molecule has 206 valence electrons. The zero-order valence-corrected chi connectivity index (χ0v) is 25.3. The number of rotatable bonds is 7. The number of carbonyl (C=O) groups is 1. The van der Waals surface area contributed by atoms with Crippen LogP contribution in [0.1, 0.15) is 35.8 Å². The molecule has 0 radical (unpaired) electrons. The average molecular weight is 610 g/mol. The summed E-state index contributed by atoms with van der Waals surface area (Å²) < 4.78 is 0. The molecule has 2 N–H and O–H groups in total. The summed E-state index contributed by atoms with van der Waals surface area (Å²) in [5.41, 5.74) is 5.30. The third-order valence-corrected chi connectivity index (χ3v) is 9.02. The highest BCUT2D eigenvalue weighted by Gasteiger charge is 2.27. The van der Waals surface area contributed by atoms with E-state index in [4.69, 9.17) is 40.4 Å². The zero-order chi connectivity index (χ0) is 28.1. The van der Waals surface area contributed by atoms with E-state index in [0.717, 1.165) is 47.9 Å². The molecule has 0 unspecified atom stereocenters. The topological polar surface area (TPSA) is 57.3 Å². The number of aromatic nitrogens is 1. The number of thiocarbonyl (C=S) groups is 1. The number of benzene rings is 3. The van der Waals surface area contributed by atoms with Crippen LogP contribution < -0.4 is 10.6 Å². The monoisotopic (exact) mass is 608 g/mol. The molecule has 3 aromatic carbocycles. The summed E-state index contributed by atoms with van der Waals surface area (Å²) in [5.74, 6) is 0.468. The fraction of sp³-hybridized carbons (Fsp3) is 0.258. The molecule has 0 saturated carbocycles. The summed E-state index contributed by atoms with van der Waals surface area (Å²) in [7, 11) is 0. The minimum absolute atomic E-state index is 0.140. The van der Waals surface area contributed by atoms with Crippen molar-refractivity contribution in [3.63, 3.8) is 0 Å². The summed E-state index contributed by atoms with van der Waals surface area (Å²) >= 11 is 19.2. The Balaban J connectivity index is 1.18. The summed E-state index contributed by atoms with van der Waals surface area (Å²) in [4.78, 5) is 21.2. The molecule has 0 atom stereocenters. The zero-order valence-electron chi connectivity index (χ0n) is 22.1. The molecule has 4 aromatic rings.